The molecule has 4 heterocycles. The van der Waals surface area contributed by atoms with Crippen LogP contribution in [0.1, 0.15) is 61.3 Å². The van der Waals surface area contributed by atoms with Crippen molar-refractivity contribution in [3.63, 3.8) is 0 Å². The van der Waals surface area contributed by atoms with E-state index in [0.717, 1.165) is 25.0 Å². The molecule has 6 heteroatoms. The zero-order chi connectivity index (χ0) is 19.8. The van der Waals surface area contributed by atoms with E-state index >= 15 is 0 Å². The van der Waals surface area contributed by atoms with E-state index in [1.165, 1.54) is 0 Å². The smallest absolute Gasteiger partial charge is 0.272 e. The third-order valence-corrected chi connectivity index (χ3v) is 6.12. The minimum atomic E-state index is -0.0728. The van der Waals surface area contributed by atoms with Crippen molar-refractivity contribution >= 4 is 11.7 Å². The predicted molar refractivity (Wildman–Crippen MR) is 109 cm³/mol. The molecule has 2 aliphatic rings. The average Bonchev–Trinajstić information content (AvgIpc) is 2.67. The van der Waals surface area contributed by atoms with Crippen LogP contribution >= 0.6 is 0 Å². The van der Waals surface area contributed by atoms with Crippen LogP contribution in [-0.2, 0) is 0 Å². The lowest BCUT2D eigenvalue weighted by Crippen LogP contribution is -2.51. The van der Waals surface area contributed by atoms with Crippen LogP contribution in [0.4, 0.5) is 5.82 Å². The van der Waals surface area contributed by atoms with Gasteiger partial charge in [0, 0.05) is 36.8 Å². The summed E-state index contributed by atoms with van der Waals surface area (Å²) in [4.78, 5) is 31.9. The van der Waals surface area contributed by atoms with Gasteiger partial charge >= 0.3 is 0 Å². The van der Waals surface area contributed by atoms with E-state index in [-0.39, 0.29) is 29.3 Å². The van der Waals surface area contributed by atoms with Gasteiger partial charge in [0.05, 0.1) is 0 Å². The Balaban J connectivity index is 1.67. The molecule has 0 spiro atoms. The van der Waals surface area contributed by atoms with Crippen molar-refractivity contribution in [2.75, 3.05) is 18.8 Å². The third-order valence-electron chi connectivity index (χ3n) is 6.12. The van der Waals surface area contributed by atoms with Crippen LogP contribution in [0.15, 0.2) is 41.2 Å². The molecular formula is C22H28N4O2. The third kappa shape index (κ3) is 3.43. The standard InChI is InChI=1S/C22H28N4O2/c1-14(2)9-10-19-16-11-15(18-6-4-8-21(27)26(18)19)12-25(13-16)22(28)17-5-3-7-20(23)24-17/h3-8,14-16,19H,9-13H2,1-2H3,(H2,23,24)/t15-,16+,19+/m1/s1. The van der Waals surface area contributed by atoms with Crippen molar-refractivity contribution in [1.29, 1.82) is 0 Å². The van der Waals surface area contributed by atoms with Crippen molar-refractivity contribution in [1.82, 2.24) is 14.5 Å². The van der Waals surface area contributed by atoms with Crippen LogP contribution in [0.3, 0.4) is 0 Å². The molecule has 0 aliphatic carbocycles. The molecule has 2 bridgehead atoms. The quantitative estimate of drug-likeness (QED) is 0.884. The Morgan fingerprint density at radius 2 is 2.00 bits per heavy atom. The highest BCUT2D eigenvalue weighted by Crippen LogP contribution is 2.43. The number of piperidine rings is 1. The summed E-state index contributed by atoms with van der Waals surface area (Å²) < 4.78 is 2.02. The van der Waals surface area contributed by atoms with E-state index in [2.05, 4.69) is 24.9 Å². The van der Waals surface area contributed by atoms with Crippen LogP contribution in [0.2, 0.25) is 0 Å². The van der Waals surface area contributed by atoms with Crippen molar-refractivity contribution in [2.45, 2.75) is 45.1 Å². The topological polar surface area (TPSA) is 81.2 Å². The number of likely N-dealkylation sites (tertiary alicyclic amines) is 1. The molecule has 6 nitrogen and oxygen atoms in total. The molecule has 4 rings (SSSR count). The van der Waals surface area contributed by atoms with Gasteiger partial charge in [-0.2, -0.15) is 0 Å². The number of rotatable bonds is 4. The highest BCUT2D eigenvalue weighted by Gasteiger charge is 2.41. The molecule has 2 N–H and O–H groups in total. The zero-order valence-corrected chi connectivity index (χ0v) is 16.5. The normalized spacial score (nSPS) is 23.5. The second kappa shape index (κ2) is 7.41. The van der Waals surface area contributed by atoms with Gasteiger partial charge in [0.25, 0.3) is 11.5 Å². The molecule has 1 saturated heterocycles. The van der Waals surface area contributed by atoms with E-state index in [9.17, 15) is 9.59 Å². The largest absolute Gasteiger partial charge is 0.384 e. The van der Waals surface area contributed by atoms with Gasteiger partial charge < -0.3 is 15.2 Å². The molecule has 2 aliphatic heterocycles. The van der Waals surface area contributed by atoms with E-state index < -0.39 is 0 Å². The number of nitrogen functional groups attached to an aromatic ring is 1. The van der Waals surface area contributed by atoms with Crippen LogP contribution in [0.5, 0.6) is 0 Å². The average molecular weight is 380 g/mol. The number of nitrogens with zero attached hydrogens (tertiary/aromatic N) is 3. The summed E-state index contributed by atoms with van der Waals surface area (Å²) >= 11 is 0. The van der Waals surface area contributed by atoms with Crippen molar-refractivity contribution < 1.29 is 4.79 Å². The lowest BCUT2D eigenvalue weighted by atomic mass is 9.76. The Morgan fingerprint density at radius 3 is 2.75 bits per heavy atom. The number of amides is 1. The first-order chi connectivity index (χ1) is 13.4. The number of carbonyl (C=O) groups is 1. The fraction of sp³-hybridized carbons (Fsp3) is 0.500. The number of anilines is 1. The Morgan fingerprint density at radius 1 is 1.21 bits per heavy atom. The lowest BCUT2D eigenvalue weighted by molar-refractivity contribution is 0.0508. The zero-order valence-electron chi connectivity index (χ0n) is 16.5. The van der Waals surface area contributed by atoms with Gasteiger partial charge in [-0.05, 0) is 49.3 Å². The van der Waals surface area contributed by atoms with Crippen LogP contribution in [-0.4, -0.2) is 33.4 Å². The minimum Gasteiger partial charge on any atom is -0.384 e. The first kappa shape index (κ1) is 18.7. The first-order valence-electron chi connectivity index (χ1n) is 10.2. The summed E-state index contributed by atoms with van der Waals surface area (Å²) in [5, 5.41) is 0. The molecule has 0 radical (unpaired) electrons. The van der Waals surface area contributed by atoms with Gasteiger partial charge in [0.15, 0.2) is 0 Å². The Bertz CT molecular complexity index is 936. The SMILES string of the molecule is CC(C)CC[C@H]1[C@H]2C[C@H](CN(C(=O)c3cccc(N)n3)C2)c2cccc(=O)n21. The maximum atomic E-state index is 13.1. The second-order valence-electron chi connectivity index (χ2n) is 8.55. The first-order valence-corrected chi connectivity index (χ1v) is 10.2. The van der Waals surface area contributed by atoms with Gasteiger partial charge in [-0.3, -0.25) is 9.59 Å². The highest BCUT2D eigenvalue weighted by atomic mass is 16.2. The molecule has 1 amide bonds. The van der Waals surface area contributed by atoms with Gasteiger partial charge in [0.1, 0.15) is 11.5 Å². The molecule has 28 heavy (non-hydrogen) atoms. The van der Waals surface area contributed by atoms with Gasteiger partial charge in [0.2, 0.25) is 0 Å². The minimum absolute atomic E-state index is 0.0728. The lowest BCUT2D eigenvalue weighted by Gasteiger charge is -2.47. The fourth-order valence-electron chi connectivity index (χ4n) is 4.81. The number of pyridine rings is 2. The van der Waals surface area contributed by atoms with E-state index in [0.29, 0.717) is 30.5 Å². The molecule has 2 aromatic rings. The molecule has 2 aromatic heterocycles. The number of hydrogen-bond acceptors (Lipinski definition) is 4. The second-order valence-corrected chi connectivity index (χ2v) is 8.55. The van der Waals surface area contributed by atoms with Gasteiger partial charge in [-0.25, -0.2) is 4.98 Å². The van der Waals surface area contributed by atoms with Crippen LogP contribution in [0.25, 0.3) is 0 Å². The van der Waals surface area contributed by atoms with E-state index in [1.807, 2.05) is 15.5 Å². The number of aromatic nitrogens is 2. The Labute approximate surface area is 165 Å². The van der Waals surface area contributed by atoms with Crippen molar-refractivity contribution in [3.8, 4) is 0 Å². The summed E-state index contributed by atoms with van der Waals surface area (Å²) in [5.41, 5.74) is 7.31. The highest BCUT2D eigenvalue weighted by molar-refractivity contribution is 5.92. The number of hydrogen-bond donors (Lipinski definition) is 1. The molecular weight excluding hydrogens is 352 g/mol. The molecule has 1 fully saturated rings. The molecule has 0 saturated carbocycles. The number of carbonyl (C=O) groups excluding carboxylic acids is 1. The van der Waals surface area contributed by atoms with Crippen LogP contribution < -0.4 is 11.3 Å². The van der Waals surface area contributed by atoms with Crippen LogP contribution in [0, 0.1) is 11.8 Å². The number of nitrogens with two attached hydrogens (primary N) is 1. The summed E-state index contributed by atoms with van der Waals surface area (Å²) in [5.74, 6) is 1.34. The molecule has 3 atom stereocenters. The maximum Gasteiger partial charge on any atom is 0.272 e. The number of fused-ring (bicyclic) bond motifs is 4. The molecule has 148 valence electrons. The summed E-state index contributed by atoms with van der Waals surface area (Å²) in [7, 11) is 0. The van der Waals surface area contributed by atoms with Gasteiger partial charge in [-0.15, -0.1) is 0 Å². The van der Waals surface area contributed by atoms with Crippen molar-refractivity contribution in [2.24, 2.45) is 11.8 Å². The monoisotopic (exact) mass is 380 g/mol. The maximum absolute atomic E-state index is 13.1. The predicted octanol–water partition coefficient (Wildman–Crippen LogP) is 3.06. The van der Waals surface area contributed by atoms with Gasteiger partial charge in [-0.1, -0.05) is 26.0 Å². The summed E-state index contributed by atoms with van der Waals surface area (Å²) in [6.07, 6.45) is 3.06. The summed E-state index contributed by atoms with van der Waals surface area (Å²) in [6.45, 7) is 5.70. The molecule has 0 unspecified atom stereocenters. The van der Waals surface area contributed by atoms with Crippen molar-refractivity contribution in [3.05, 3.63) is 58.1 Å². The fourth-order valence-corrected chi connectivity index (χ4v) is 4.81. The Hall–Kier alpha value is -2.63. The Kier molecular flexibility index (Phi) is 4.96. The van der Waals surface area contributed by atoms with E-state index in [4.69, 9.17) is 5.73 Å². The molecule has 0 aromatic carbocycles. The van der Waals surface area contributed by atoms with E-state index in [1.54, 1.807) is 24.3 Å². The summed E-state index contributed by atoms with van der Waals surface area (Å²) in [6, 6.07) is 10.9.